The molecule has 2 aliphatic rings. The maximum Gasteiger partial charge on any atom is 0.230 e. The lowest BCUT2D eigenvalue weighted by atomic mass is 9.81. The summed E-state index contributed by atoms with van der Waals surface area (Å²) in [6.07, 6.45) is 8.85. The Labute approximate surface area is 127 Å². The van der Waals surface area contributed by atoms with E-state index in [1.165, 1.54) is 32.1 Å². The second-order valence-corrected chi connectivity index (χ2v) is 7.54. The molecular formula is C16H29NO2S. The highest BCUT2D eigenvalue weighted by Crippen LogP contribution is 2.31. The van der Waals surface area contributed by atoms with Gasteiger partial charge in [0.2, 0.25) is 5.91 Å². The van der Waals surface area contributed by atoms with Gasteiger partial charge in [-0.1, -0.05) is 26.2 Å². The summed E-state index contributed by atoms with van der Waals surface area (Å²) in [6, 6.07) is 0.344. The zero-order chi connectivity index (χ0) is 14.2. The molecule has 1 heterocycles. The van der Waals surface area contributed by atoms with Crippen LogP contribution < -0.4 is 5.32 Å². The Balaban J connectivity index is 1.50. The number of amides is 1. The van der Waals surface area contributed by atoms with Crippen LogP contribution >= 0.6 is 11.8 Å². The maximum atomic E-state index is 11.8. The molecule has 20 heavy (non-hydrogen) atoms. The lowest BCUT2D eigenvalue weighted by molar-refractivity contribution is -0.119. The smallest absolute Gasteiger partial charge is 0.230 e. The summed E-state index contributed by atoms with van der Waals surface area (Å²) in [5.41, 5.74) is 0. The molecule has 3 nitrogen and oxygen atoms in total. The van der Waals surface area contributed by atoms with Crippen LogP contribution in [0.4, 0.5) is 0 Å². The van der Waals surface area contributed by atoms with Gasteiger partial charge in [-0.15, -0.1) is 0 Å². The third-order valence-electron chi connectivity index (χ3n) is 4.54. The van der Waals surface area contributed by atoms with E-state index in [1.54, 1.807) is 11.8 Å². The highest BCUT2D eigenvalue weighted by atomic mass is 32.2. The molecule has 0 aromatic rings. The second kappa shape index (κ2) is 8.93. The Hall–Kier alpha value is -0.220. The van der Waals surface area contributed by atoms with Crippen molar-refractivity contribution in [1.29, 1.82) is 0 Å². The fraction of sp³-hybridized carbons (Fsp3) is 0.938. The first-order valence-corrected chi connectivity index (χ1v) is 9.34. The number of thioether (sulfide) groups is 1. The summed E-state index contributed by atoms with van der Waals surface area (Å²) in [7, 11) is 0. The van der Waals surface area contributed by atoms with Crippen LogP contribution in [0.15, 0.2) is 0 Å². The Kier molecular flexibility index (Phi) is 7.22. The molecule has 1 saturated carbocycles. The van der Waals surface area contributed by atoms with Crippen molar-refractivity contribution in [1.82, 2.24) is 5.32 Å². The third kappa shape index (κ3) is 6.04. The first-order valence-electron chi connectivity index (χ1n) is 8.19. The molecule has 1 N–H and O–H groups in total. The largest absolute Gasteiger partial charge is 0.381 e. The second-order valence-electron chi connectivity index (χ2n) is 6.43. The number of nitrogens with one attached hydrogen (secondary N) is 1. The summed E-state index contributed by atoms with van der Waals surface area (Å²) < 4.78 is 5.30. The van der Waals surface area contributed by atoms with Crippen LogP contribution in [0.1, 0.15) is 51.9 Å². The number of carbonyl (C=O) groups excluding carboxylic acids is 1. The molecule has 0 aromatic carbocycles. The zero-order valence-electron chi connectivity index (χ0n) is 12.7. The number of ether oxygens (including phenoxy) is 1. The predicted molar refractivity (Wildman–Crippen MR) is 85.0 cm³/mol. The highest BCUT2D eigenvalue weighted by molar-refractivity contribution is 7.99. The van der Waals surface area contributed by atoms with Crippen LogP contribution in [0, 0.1) is 11.8 Å². The fourth-order valence-electron chi connectivity index (χ4n) is 3.35. The van der Waals surface area contributed by atoms with E-state index in [2.05, 4.69) is 12.2 Å². The van der Waals surface area contributed by atoms with Crippen molar-refractivity contribution in [2.45, 2.75) is 57.9 Å². The van der Waals surface area contributed by atoms with Crippen LogP contribution in [-0.4, -0.2) is 36.7 Å². The van der Waals surface area contributed by atoms with E-state index >= 15 is 0 Å². The third-order valence-corrected chi connectivity index (χ3v) is 5.53. The normalized spacial score (nSPS) is 28.2. The van der Waals surface area contributed by atoms with Gasteiger partial charge < -0.3 is 10.1 Å². The van der Waals surface area contributed by atoms with E-state index in [-0.39, 0.29) is 5.91 Å². The van der Waals surface area contributed by atoms with Gasteiger partial charge in [0.25, 0.3) is 0 Å². The SMILES string of the molecule is C[C@H]1CCC[C@H](CCSCC(=O)NC2CCOCC2)C1. The van der Waals surface area contributed by atoms with Gasteiger partial charge in [0.05, 0.1) is 5.75 Å². The van der Waals surface area contributed by atoms with Gasteiger partial charge in [-0.05, 0) is 43.3 Å². The van der Waals surface area contributed by atoms with Crippen molar-refractivity contribution in [3.05, 3.63) is 0 Å². The average molecular weight is 299 g/mol. The molecular weight excluding hydrogens is 270 g/mol. The van der Waals surface area contributed by atoms with Gasteiger partial charge in [0.15, 0.2) is 0 Å². The molecule has 0 unspecified atom stereocenters. The molecule has 2 rings (SSSR count). The van der Waals surface area contributed by atoms with E-state index in [0.29, 0.717) is 11.8 Å². The van der Waals surface area contributed by atoms with Gasteiger partial charge in [-0.3, -0.25) is 4.79 Å². The Morgan fingerprint density at radius 2 is 2.05 bits per heavy atom. The number of rotatable bonds is 6. The van der Waals surface area contributed by atoms with Crippen LogP contribution in [0.2, 0.25) is 0 Å². The van der Waals surface area contributed by atoms with Crippen molar-refractivity contribution in [3.63, 3.8) is 0 Å². The summed E-state index contributed by atoms with van der Waals surface area (Å²) >= 11 is 1.80. The van der Waals surface area contributed by atoms with Crippen LogP contribution in [-0.2, 0) is 9.53 Å². The molecule has 1 saturated heterocycles. The van der Waals surface area contributed by atoms with Crippen LogP contribution in [0.3, 0.4) is 0 Å². The molecule has 0 aromatic heterocycles. The average Bonchev–Trinajstić information content (AvgIpc) is 2.45. The fourth-order valence-corrected chi connectivity index (χ4v) is 4.26. The number of hydrogen-bond acceptors (Lipinski definition) is 3. The first-order chi connectivity index (χ1) is 9.74. The topological polar surface area (TPSA) is 38.3 Å². The van der Waals surface area contributed by atoms with Crippen molar-refractivity contribution >= 4 is 17.7 Å². The summed E-state index contributed by atoms with van der Waals surface area (Å²) in [6.45, 7) is 3.95. The summed E-state index contributed by atoms with van der Waals surface area (Å²) in [5.74, 6) is 3.79. The van der Waals surface area contributed by atoms with E-state index in [0.717, 1.165) is 43.6 Å². The van der Waals surface area contributed by atoms with E-state index in [4.69, 9.17) is 4.74 Å². The summed E-state index contributed by atoms with van der Waals surface area (Å²) in [5, 5.41) is 3.12. The zero-order valence-corrected chi connectivity index (χ0v) is 13.6. The number of carbonyl (C=O) groups is 1. The Bertz CT molecular complexity index is 292. The van der Waals surface area contributed by atoms with Crippen molar-refractivity contribution in [3.8, 4) is 0 Å². The van der Waals surface area contributed by atoms with Gasteiger partial charge in [0, 0.05) is 19.3 Å². The lowest BCUT2D eigenvalue weighted by Gasteiger charge is -2.26. The Morgan fingerprint density at radius 3 is 2.80 bits per heavy atom. The predicted octanol–water partition coefficient (Wildman–Crippen LogP) is 3.23. The van der Waals surface area contributed by atoms with E-state index < -0.39 is 0 Å². The molecule has 1 aliphatic heterocycles. The van der Waals surface area contributed by atoms with Crippen molar-refractivity contribution in [2.75, 3.05) is 24.7 Å². The van der Waals surface area contributed by atoms with Gasteiger partial charge in [-0.2, -0.15) is 11.8 Å². The molecule has 1 aliphatic carbocycles. The Morgan fingerprint density at radius 1 is 1.25 bits per heavy atom. The van der Waals surface area contributed by atoms with E-state index in [1.807, 2.05) is 0 Å². The monoisotopic (exact) mass is 299 g/mol. The standard InChI is InChI=1S/C16H29NO2S/c1-13-3-2-4-14(11-13)7-10-20-12-16(18)17-15-5-8-19-9-6-15/h13-15H,2-12H2,1H3,(H,17,18)/t13-,14+/m0/s1. The maximum absolute atomic E-state index is 11.8. The van der Waals surface area contributed by atoms with E-state index in [9.17, 15) is 4.79 Å². The van der Waals surface area contributed by atoms with Crippen molar-refractivity contribution in [2.24, 2.45) is 11.8 Å². The highest BCUT2D eigenvalue weighted by Gasteiger charge is 2.19. The molecule has 2 atom stereocenters. The van der Waals surface area contributed by atoms with Gasteiger partial charge in [0.1, 0.15) is 0 Å². The molecule has 0 spiro atoms. The first kappa shape index (κ1) is 16.2. The van der Waals surface area contributed by atoms with Gasteiger partial charge in [-0.25, -0.2) is 0 Å². The van der Waals surface area contributed by atoms with Crippen LogP contribution in [0.5, 0.6) is 0 Å². The van der Waals surface area contributed by atoms with Crippen LogP contribution in [0.25, 0.3) is 0 Å². The summed E-state index contributed by atoms with van der Waals surface area (Å²) in [4.78, 5) is 11.8. The minimum absolute atomic E-state index is 0.207. The minimum Gasteiger partial charge on any atom is -0.381 e. The van der Waals surface area contributed by atoms with Crippen molar-refractivity contribution < 1.29 is 9.53 Å². The molecule has 116 valence electrons. The molecule has 2 fully saturated rings. The quantitative estimate of drug-likeness (QED) is 0.765. The lowest BCUT2D eigenvalue weighted by Crippen LogP contribution is -2.39. The molecule has 1 amide bonds. The van der Waals surface area contributed by atoms with Gasteiger partial charge >= 0.3 is 0 Å². The molecule has 4 heteroatoms. The molecule has 0 bridgehead atoms. The minimum atomic E-state index is 0.207. The molecule has 0 radical (unpaired) electrons. The number of hydrogen-bond donors (Lipinski definition) is 1.